The normalized spacial score (nSPS) is 20.7. The SMILES string of the molecule is CCCOCCOC(=O)C1=C(C)NC2=C(C(=O)CC(C)(C)C2)[C@H]1c1ccc(Br)cc1. The van der Waals surface area contributed by atoms with Gasteiger partial charge in [-0.05, 0) is 42.9 Å². The molecule has 1 N–H and O–H groups in total. The van der Waals surface area contributed by atoms with Gasteiger partial charge in [-0.3, -0.25) is 4.79 Å². The second-order valence-corrected chi connectivity index (χ2v) is 9.65. The van der Waals surface area contributed by atoms with Crippen LogP contribution in [0.25, 0.3) is 0 Å². The molecule has 0 fully saturated rings. The summed E-state index contributed by atoms with van der Waals surface area (Å²) in [4.78, 5) is 26.3. The lowest BCUT2D eigenvalue weighted by molar-refractivity contribution is -0.141. The molecule has 0 aromatic heterocycles. The highest BCUT2D eigenvalue weighted by atomic mass is 79.9. The molecule has 1 aromatic rings. The lowest BCUT2D eigenvalue weighted by Crippen LogP contribution is -2.38. The van der Waals surface area contributed by atoms with Crippen LogP contribution >= 0.6 is 15.9 Å². The van der Waals surface area contributed by atoms with Crippen LogP contribution in [0.2, 0.25) is 0 Å². The molecule has 1 aromatic carbocycles. The zero-order valence-corrected chi connectivity index (χ0v) is 19.7. The molecule has 0 amide bonds. The molecular formula is C24H30BrNO4. The molecule has 162 valence electrons. The molecule has 1 atom stereocenters. The van der Waals surface area contributed by atoms with Crippen molar-refractivity contribution in [1.82, 2.24) is 5.32 Å². The molecule has 0 unspecified atom stereocenters. The van der Waals surface area contributed by atoms with E-state index < -0.39 is 11.9 Å². The van der Waals surface area contributed by atoms with Gasteiger partial charge in [0.05, 0.1) is 12.2 Å². The smallest absolute Gasteiger partial charge is 0.336 e. The molecule has 0 saturated heterocycles. The van der Waals surface area contributed by atoms with Crippen LogP contribution in [-0.4, -0.2) is 31.6 Å². The van der Waals surface area contributed by atoms with Crippen molar-refractivity contribution >= 4 is 27.7 Å². The largest absolute Gasteiger partial charge is 0.460 e. The Morgan fingerprint density at radius 2 is 1.87 bits per heavy atom. The van der Waals surface area contributed by atoms with Crippen molar-refractivity contribution in [1.29, 1.82) is 0 Å². The van der Waals surface area contributed by atoms with Crippen LogP contribution in [-0.2, 0) is 19.1 Å². The van der Waals surface area contributed by atoms with E-state index in [4.69, 9.17) is 9.47 Å². The first kappa shape index (κ1) is 22.8. The van der Waals surface area contributed by atoms with E-state index in [1.54, 1.807) is 0 Å². The van der Waals surface area contributed by atoms with Gasteiger partial charge in [0.25, 0.3) is 0 Å². The molecule has 1 aliphatic heterocycles. The van der Waals surface area contributed by atoms with Gasteiger partial charge < -0.3 is 14.8 Å². The Hall–Kier alpha value is -1.92. The van der Waals surface area contributed by atoms with E-state index >= 15 is 0 Å². The third-order valence-corrected chi connectivity index (χ3v) is 6.00. The van der Waals surface area contributed by atoms with Gasteiger partial charge in [-0.1, -0.05) is 48.8 Å². The number of ketones is 1. The highest BCUT2D eigenvalue weighted by Crippen LogP contribution is 2.46. The van der Waals surface area contributed by atoms with E-state index in [2.05, 4.69) is 35.1 Å². The Morgan fingerprint density at radius 3 is 2.53 bits per heavy atom. The fourth-order valence-electron chi connectivity index (χ4n) is 4.21. The van der Waals surface area contributed by atoms with Crippen molar-refractivity contribution in [3.05, 3.63) is 56.8 Å². The number of halogens is 1. The minimum absolute atomic E-state index is 0.0887. The summed E-state index contributed by atoms with van der Waals surface area (Å²) in [7, 11) is 0. The summed E-state index contributed by atoms with van der Waals surface area (Å²) in [6.07, 6.45) is 2.15. The van der Waals surface area contributed by atoms with Gasteiger partial charge in [0.1, 0.15) is 6.61 Å². The molecule has 6 heteroatoms. The summed E-state index contributed by atoms with van der Waals surface area (Å²) in [6.45, 7) is 9.31. The first-order chi connectivity index (χ1) is 14.2. The molecule has 30 heavy (non-hydrogen) atoms. The third kappa shape index (κ3) is 5.03. The number of hydrogen-bond donors (Lipinski definition) is 1. The van der Waals surface area contributed by atoms with Gasteiger partial charge in [-0.15, -0.1) is 0 Å². The van der Waals surface area contributed by atoms with Crippen LogP contribution < -0.4 is 5.32 Å². The van der Waals surface area contributed by atoms with Crippen molar-refractivity contribution in [2.75, 3.05) is 19.8 Å². The van der Waals surface area contributed by atoms with Gasteiger partial charge in [-0.25, -0.2) is 4.79 Å². The Labute approximate surface area is 187 Å². The number of allylic oxidation sites excluding steroid dienone is 3. The maximum atomic E-state index is 13.2. The average Bonchev–Trinajstić information content (AvgIpc) is 2.66. The Balaban J connectivity index is 1.95. The number of ether oxygens (including phenoxy) is 2. The Morgan fingerprint density at radius 1 is 1.17 bits per heavy atom. The first-order valence-electron chi connectivity index (χ1n) is 10.5. The highest BCUT2D eigenvalue weighted by Gasteiger charge is 2.43. The van der Waals surface area contributed by atoms with Crippen LogP contribution in [0.5, 0.6) is 0 Å². The van der Waals surface area contributed by atoms with Crippen LogP contribution in [0.1, 0.15) is 58.4 Å². The van der Waals surface area contributed by atoms with E-state index in [9.17, 15) is 9.59 Å². The molecule has 2 aliphatic rings. The zero-order chi connectivity index (χ0) is 21.9. The maximum Gasteiger partial charge on any atom is 0.336 e. The molecule has 3 rings (SSSR count). The Bertz CT molecular complexity index is 883. The lowest BCUT2D eigenvalue weighted by Gasteiger charge is -2.39. The topological polar surface area (TPSA) is 64.6 Å². The van der Waals surface area contributed by atoms with Crippen molar-refractivity contribution < 1.29 is 19.1 Å². The van der Waals surface area contributed by atoms with Crippen molar-refractivity contribution in [3.63, 3.8) is 0 Å². The average molecular weight is 476 g/mol. The summed E-state index contributed by atoms with van der Waals surface area (Å²) in [5.74, 6) is -0.745. The van der Waals surface area contributed by atoms with Crippen LogP contribution in [0.3, 0.4) is 0 Å². The number of rotatable bonds is 7. The quantitative estimate of drug-likeness (QED) is 0.442. The summed E-state index contributed by atoms with van der Waals surface area (Å²) in [5, 5.41) is 3.35. The molecule has 5 nitrogen and oxygen atoms in total. The molecule has 1 aliphatic carbocycles. The summed E-state index contributed by atoms with van der Waals surface area (Å²) in [6, 6.07) is 7.79. The van der Waals surface area contributed by atoms with Gasteiger partial charge >= 0.3 is 5.97 Å². The van der Waals surface area contributed by atoms with Gasteiger partial charge in [-0.2, -0.15) is 0 Å². The Kier molecular flexibility index (Phi) is 7.19. The standard InChI is InChI=1S/C24H30BrNO4/c1-5-10-29-11-12-30-23(28)20-15(2)26-18-13-24(3,4)14-19(27)22(18)21(20)16-6-8-17(25)9-7-16/h6-9,21,26H,5,10-14H2,1-4H3/t21-/m0/s1. The van der Waals surface area contributed by atoms with E-state index in [-0.39, 0.29) is 17.8 Å². The fourth-order valence-corrected chi connectivity index (χ4v) is 4.48. The summed E-state index contributed by atoms with van der Waals surface area (Å²) < 4.78 is 11.9. The van der Waals surface area contributed by atoms with Gasteiger partial charge in [0.2, 0.25) is 0 Å². The number of carbonyl (C=O) groups excluding carboxylic acids is 2. The monoisotopic (exact) mass is 475 g/mol. The molecule has 0 spiro atoms. The van der Waals surface area contributed by atoms with E-state index in [1.165, 1.54) is 0 Å². The number of hydrogen-bond acceptors (Lipinski definition) is 5. The fraction of sp³-hybridized carbons (Fsp3) is 0.500. The van der Waals surface area contributed by atoms with E-state index in [1.807, 2.05) is 38.1 Å². The lowest BCUT2D eigenvalue weighted by atomic mass is 9.68. The van der Waals surface area contributed by atoms with E-state index in [0.29, 0.717) is 30.8 Å². The van der Waals surface area contributed by atoms with Crippen molar-refractivity contribution in [3.8, 4) is 0 Å². The minimum Gasteiger partial charge on any atom is -0.460 e. The third-order valence-electron chi connectivity index (χ3n) is 5.47. The highest BCUT2D eigenvalue weighted by molar-refractivity contribution is 9.10. The predicted octanol–water partition coefficient (Wildman–Crippen LogP) is 5.02. The maximum absolute atomic E-state index is 13.2. The van der Waals surface area contributed by atoms with Crippen LogP contribution in [0.4, 0.5) is 0 Å². The second kappa shape index (κ2) is 9.48. The van der Waals surface area contributed by atoms with Crippen molar-refractivity contribution in [2.24, 2.45) is 5.41 Å². The molecule has 1 heterocycles. The number of dihydropyridines is 1. The first-order valence-corrected chi connectivity index (χ1v) is 11.3. The molecular weight excluding hydrogens is 446 g/mol. The molecule has 0 radical (unpaired) electrons. The molecule has 0 saturated carbocycles. The van der Waals surface area contributed by atoms with E-state index in [0.717, 1.165) is 34.3 Å². The number of esters is 1. The predicted molar refractivity (Wildman–Crippen MR) is 120 cm³/mol. The number of benzene rings is 1. The molecule has 0 bridgehead atoms. The summed E-state index contributed by atoms with van der Waals surface area (Å²) in [5.41, 5.74) is 3.66. The summed E-state index contributed by atoms with van der Waals surface area (Å²) >= 11 is 3.47. The van der Waals surface area contributed by atoms with Gasteiger partial charge in [0, 0.05) is 40.4 Å². The van der Waals surface area contributed by atoms with Crippen LogP contribution in [0, 0.1) is 5.41 Å². The number of Topliss-reactive ketones (excluding diaryl/α,β-unsaturated/α-hetero) is 1. The second-order valence-electron chi connectivity index (χ2n) is 8.73. The minimum atomic E-state index is -0.429. The van der Waals surface area contributed by atoms with Crippen LogP contribution in [0.15, 0.2) is 51.3 Å². The number of nitrogens with one attached hydrogen (secondary N) is 1. The van der Waals surface area contributed by atoms with Gasteiger partial charge in [0.15, 0.2) is 5.78 Å². The number of carbonyl (C=O) groups is 2. The van der Waals surface area contributed by atoms with Crippen molar-refractivity contribution in [2.45, 2.75) is 52.9 Å². The zero-order valence-electron chi connectivity index (χ0n) is 18.1.